The van der Waals surface area contributed by atoms with Crippen LogP contribution in [0.25, 0.3) is 11.1 Å². The second kappa shape index (κ2) is 15.8. The van der Waals surface area contributed by atoms with Crippen molar-refractivity contribution < 1.29 is 27.0 Å². The lowest BCUT2D eigenvalue weighted by Gasteiger charge is -2.30. The van der Waals surface area contributed by atoms with Crippen LogP contribution in [0.1, 0.15) is 102 Å². The number of rotatable bonds is 14. The molecule has 0 amide bonds. The smallest absolute Gasteiger partial charge is 0.166 e. The molecular weight excluding hydrogens is 528 g/mol. The van der Waals surface area contributed by atoms with Crippen LogP contribution in [0.15, 0.2) is 43.0 Å². The van der Waals surface area contributed by atoms with Gasteiger partial charge in [0, 0.05) is 11.5 Å². The van der Waals surface area contributed by atoms with Crippen LogP contribution >= 0.6 is 0 Å². The minimum absolute atomic E-state index is 0.0168. The fraction of sp³-hybridized carbons (Fsp3) is 0.600. The van der Waals surface area contributed by atoms with Gasteiger partial charge in [-0.05, 0) is 86.5 Å². The summed E-state index contributed by atoms with van der Waals surface area (Å²) in [7, 11) is 0. The van der Waals surface area contributed by atoms with Crippen molar-refractivity contribution in [2.24, 2.45) is 11.8 Å². The number of hydrogen-bond donors (Lipinski definition) is 0. The van der Waals surface area contributed by atoms with E-state index in [-0.39, 0.29) is 35.5 Å². The highest BCUT2D eigenvalue weighted by Crippen LogP contribution is 2.36. The Morgan fingerprint density at radius 3 is 2.41 bits per heavy atom. The first-order valence-corrected chi connectivity index (χ1v) is 15.7. The summed E-state index contributed by atoms with van der Waals surface area (Å²) >= 11 is 0. The fourth-order valence-corrected chi connectivity index (χ4v) is 6.41. The maximum Gasteiger partial charge on any atom is 0.166 e. The van der Waals surface area contributed by atoms with E-state index >= 15 is 8.78 Å². The number of unbranched alkanes of at least 4 members (excludes halogenated alkanes) is 4. The lowest BCUT2D eigenvalue weighted by atomic mass is 9.80. The number of allylic oxidation sites excluding steroid dienone is 1. The largest absolute Gasteiger partial charge is 0.487 e. The Kier molecular flexibility index (Phi) is 12.1. The van der Waals surface area contributed by atoms with Crippen molar-refractivity contribution >= 4 is 0 Å². The zero-order valence-corrected chi connectivity index (χ0v) is 24.5. The summed E-state index contributed by atoms with van der Waals surface area (Å²) in [5.74, 6) is -2.10. The van der Waals surface area contributed by atoms with Crippen molar-refractivity contribution in [3.8, 4) is 16.9 Å². The van der Waals surface area contributed by atoms with Crippen molar-refractivity contribution in [2.45, 2.75) is 109 Å². The lowest BCUT2D eigenvalue weighted by Crippen LogP contribution is -2.25. The Morgan fingerprint density at radius 1 is 0.951 bits per heavy atom. The van der Waals surface area contributed by atoms with Crippen molar-refractivity contribution in [2.75, 3.05) is 13.2 Å². The molecule has 0 spiro atoms. The molecule has 4 rings (SSSR count). The first-order valence-electron chi connectivity index (χ1n) is 15.7. The molecule has 3 unspecified atom stereocenters. The molecular formula is C35H46F4O2. The molecule has 1 aliphatic carbocycles. The van der Waals surface area contributed by atoms with Gasteiger partial charge in [-0.15, -0.1) is 6.58 Å². The summed E-state index contributed by atoms with van der Waals surface area (Å²) in [5.41, 5.74) is 0.494. The maximum atomic E-state index is 15.2. The second-order valence-corrected chi connectivity index (χ2v) is 12.1. The zero-order valence-electron chi connectivity index (χ0n) is 24.5. The fourth-order valence-electron chi connectivity index (χ4n) is 6.41. The topological polar surface area (TPSA) is 18.5 Å². The highest BCUT2D eigenvalue weighted by atomic mass is 19.2. The molecule has 6 heteroatoms. The predicted octanol–water partition coefficient (Wildman–Crippen LogP) is 10.5. The number of benzene rings is 2. The van der Waals surface area contributed by atoms with Gasteiger partial charge in [-0.3, -0.25) is 0 Å². The van der Waals surface area contributed by atoms with Crippen LogP contribution in [-0.2, 0) is 4.74 Å². The van der Waals surface area contributed by atoms with Crippen molar-refractivity contribution in [1.82, 2.24) is 0 Å². The van der Waals surface area contributed by atoms with Gasteiger partial charge in [0.05, 0.1) is 12.7 Å². The van der Waals surface area contributed by atoms with Gasteiger partial charge in [-0.2, -0.15) is 0 Å². The molecule has 2 fully saturated rings. The number of ether oxygens (including phenoxy) is 2. The third kappa shape index (κ3) is 8.83. The summed E-state index contributed by atoms with van der Waals surface area (Å²) in [6.45, 7) is 6.18. The van der Waals surface area contributed by atoms with Crippen molar-refractivity contribution in [3.63, 3.8) is 0 Å². The van der Waals surface area contributed by atoms with E-state index in [0.29, 0.717) is 30.4 Å². The standard InChI is InChI=1S/C35H46F4O2/c1-3-5-6-7-8-9-29-16-14-27(22-40-29)31-18-17-30(34(38)35(31)39)26-15-19-33(32(37)21-26)41-23-28(36)20-25-12-10-24(4-2)11-13-25/h4,15,17-19,21,24-25,27-29H,2-3,5-14,16,20,22-23H2,1H3. The summed E-state index contributed by atoms with van der Waals surface area (Å²) in [6, 6.07) is 7.04. The molecule has 2 aliphatic rings. The molecule has 2 aromatic carbocycles. The van der Waals surface area contributed by atoms with Crippen LogP contribution in [0, 0.1) is 29.3 Å². The summed E-state index contributed by atoms with van der Waals surface area (Å²) in [4.78, 5) is 0. The van der Waals surface area contributed by atoms with Gasteiger partial charge in [-0.1, -0.05) is 63.3 Å². The Labute approximate surface area is 243 Å². The van der Waals surface area contributed by atoms with Gasteiger partial charge < -0.3 is 9.47 Å². The van der Waals surface area contributed by atoms with Crippen molar-refractivity contribution in [1.29, 1.82) is 0 Å². The minimum atomic E-state index is -1.19. The Hall–Kier alpha value is -2.34. The van der Waals surface area contributed by atoms with Gasteiger partial charge in [0.25, 0.3) is 0 Å². The van der Waals surface area contributed by atoms with E-state index in [2.05, 4.69) is 13.5 Å². The Bertz CT molecular complexity index is 1100. The molecule has 41 heavy (non-hydrogen) atoms. The average molecular weight is 575 g/mol. The number of halogens is 4. The van der Waals surface area contributed by atoms with Crippen LogP contribution in [0.4, 0.5) is 17.6 Å². The SMILES string of the molecule is C=CC1CCC(CC(F)COc2ccc(-c3ccc(C4CCC(CCCCCCC)OC4)c(F)c3F)cc2F)CC1. The molecule has 226 valence electrons. The third-order valence-electron chi connectivity index (χ3n) is 9.03. The highest BCUT2D eigenvalue weighted by Gasteiger charge is 2.27. The van der Waals surface area contributed by atoms with E-state index in [4.69, 9.17) is 9.47 Å². The van der Waals surface area contributed by atoms with Crippen LogP contribution < -0.4 is 4.74 Å². The van der Waals surface area contributed by atoms with E-state index in [1.54, 1.807) is 6.07 Å². The van der Waals surface area contributed by atoms with E-state index in [9.17, 15) is 8.78 Å². The zero-order chi connectivity index (χ0) is 29.2. The van der Waals surface area contributed by atoms with E-state index < -0.39 is 23.6 Å². The van der Waals surface area contributed by atoms with Gasteiger partial charge in [0.15, 0.2) is 23.2 Å². The Morgan fingerprint density at radius 2 is 1.73 bits per heavy atom. The van der Waals surface area contributed by atoms with Crippen LogP contribution in [0.3, 0.4) is 0 Å². The minimum Gasteiger partial charge on any atom is -0.487 e. The molecule has 1 aliphatic heterocycles. The van der Waals surface area contributed by atoms with Gasteiger partial charge in [-0.25, -0.2) is 17.6 Å². The van der Waals surface area contributed by atoms with Crippen LogP contribution in [0.5, 0.6) is 5.75 Å². The van der Waals surface area contributed by atoms with Crippen LogP contribution in [0.2, 0.25) is 0 Å². The summed E-state index contributed by atoms with van der Waals surface area (Å²) in [5, 5.41) is 0. The second-order valence-electron chi connectivity index (χ2n) is 12.1. The average Bonchev–Trinajstić information content (AvgIpc) is 2.98. The molecule has 0 bridgehead atoms. The monoisotopic (exact) mass is 574 g/mol. The molecule has 3 atom stereocenters. The molecule has 0 radical (unpaired) electrons. The first-order chi connectivity index (χ1) is 19.9. The van der Waals surface area contributed by atoms with E-state index in [0.717, 1.165) is 57.4 Å². The van der Waals surface area contributed by atoms with E-state index in [1.165, 1.54) is 43.9 Å². The highest BCUT2D eigenvalue weighted by molar-refractivity contribution is 5.66. The predicted molar refractivity (Wildman–Crippen MR) is 157 cm³/mol. The van der Waals surface area contributed by atoms with Gasteiger partial charge in [0.2, 0.25) is 0 Å². The summed E-state index contributed by atoms with van der Waals surface area (Å²) in [6.07, 6.45) is 14.0. The Balaban J connectivity index is 1.29. The number of hydrogen-bond acceptors (Lipinski definition) is 2. The molecule has 2 nitrogen and oxygen atoms in total. The van der Waals surface area contributed by atoms with E-state index in [1.807, 2.05) is 6.08 Å². The molecule has 1 saturated carbocycles. The molecule has 0 N–H and O–H groups in total. The first kappa shape index (κ1) is 31.6. The molecule has 1 saturated heterocycles. The normalized spacial score (nSPS) is 23.7. The third-order valence-corrected chi connectivity index (χ3v) is 9.03. The summed E-state index contributed by atoms with van der Waals surface area (Å²) < 4.78 is 71.2. The van der Waals surface area contributed by atoms with Gasteiger partial charge >= 0.3 is 0 Å². The maximum absolute atomic E-state index is 15.2. The van der Waals surface area contributed by atoms with Crippen LogP contribution in [-0.4, -0.2) is 25.5 Å². The molecule has 2 aromatic rings. The van der Waals surface area contributed by atoms with Crippen molar-refractivity contribution in [3.05, 3.63) is 66.0 Å². The lowest BCUT2D eigenvalue weighted by molar-refractivity contribution is -0.00283. The molecule has 0 aromatic heterocycles. The van der Waals surface area contributed by atoms with Gasteiger partial charge in [0.1, 0.15) is 12.8 Å². The molecule has 1 heterocycles. The number of alkyl halides is 1. The quantitative estimate of drug-likeness (QED) is 0.127.